The van der Waals surface area contributed by atoms with Crippen LogP contribution in [0.3, 0.4) is 0 Å². The molecule has 1 fully saturated rings. The Hall–Kier alpha value is -0.320. The third kappa shape index (κ3) is 4.28. The predicted octanol–water partition coefficient (Wildman–Crippen LogP) is 1.17. The maximum atomic E-state index is 11.6. The van der Waals surface area contributed by atoms with Crippen LogP contribution in [0.15, 0.2) is 0 Å². The van der Waals surface area contributed by atoms with E-state index in [9.17, 15) is 4.79 Å². The first-order valence-electron chi connectivity index (χ1n) is 5.67. The third-order valence-electron chi connectivity index (χ3n) is 3.28. The minimum Gasteiger partial charge on any atom is -0.381 e. The van der Waals surface area contributed by atoms with Gasteiger partial charge in [0.05, 0.1) is 6.10 Å². The summed E-state index contributed by atoms with van der Waals surface area (Å²) in [6.45, 7) is 0.441. The Labute approximate surface area is 104 Å². The van der Waals surface area contributed by atoms with Crippen molar-refractivity contribution in [2.24, 2.45) is 5.73 Å². The van der Waals surface area contributed by atoms with Crippen molar-refractivity contribution in [2.75, 3.05) is 20.7 Å². The Balaban J connectivity index is 0.00000225. The van der Waals surface area contributed by atoms with Gasteiger partial charge in [0.1, 0.15) is 0 Å². The fraction of sp³-hybridized carbons (Fsp3) is 0.909. The molecule has 1 saturated carbocycles. The van der Waals surface area contributed by atoms with Crippen LogP contribution < -0.4 is 5.73 Å². The van der Waals surface area contributed by atoms with Crippen LogP contribution in [0, 0.1) is 0 Å². The summed E-state index contributed by atoms with van der Waals surface area (Å²) in [6.07, 6.45) is 5.06. The molecule has 0 atom stereocenters. The van der Waals surface area contributed by atoms with E-state index in [0.717, 1.165) is 25.7 Å². The van der Waals surface area contributed by atoms with Crippen molar-refractivity contribution in [3.8, 4) is 0 Å². The first-order valence-corrected chi connectivity index (χ1v) is 5.67. The number of halogens is 1. The topological polar surface area (TPSA) is 55.6 Å². The monoisotopic (exact) mass is 250 g/mol. The summed E-state index contributed by atoms with van der Waals surface area (Å²) in [7, 11) is 3.64. The Bertz CT molecular complexity index is 206. The van der Waals surface area contributed by atoms with Crippen molar-refractivity contribution >= 4 is 18.3 Å². The van der Waals surface area contributed by atoms with Crippen molar-refractivity contribution in [1.29, 1.82) is 0 Å². The molecule has 0 aromatic carbocycles. The van der Waals surface area contributed by atoms with Crippen LogP contribution in [0.2, 0.25) is 0 Å². The molecule has 0 radical (unpaired) electrons. The lowest BCUT2D eigenvalue weighted by Gasteiger charge is -2.34. The van der Waals surface area contributed by atoms with Crippen LogP contribution in [0.1, 0.15) is 32.1 Å². The van der Waals surface area contributed by atoms with Crippen LogP contribution in [-0.2, 0) is 9.53 Å². The molecule has 0 saturated heterocycles. The summed E-state index contributed by atoms with van der Waals surface area (Å²) in [5, 5.41) is 0. The second kappa shape index (κ2) is 7.87. The summed E-state index contributed by atoms with van der Waals surface area (Å²) in [4.78, 5) is 13.5. The van der Waals surface area contributed by atoms with Crippen molar-refractivity contribution in [3.63, 3.8) is 0 Å². The van der Waals surface area contributed by atoms with Crippen molar-refractivity contribution < 1.29 is 9.53 Å². The summed E-state index contributed by atoms with van der Waals surface area (Å²) in [5.74, 6) is 0.165. The van der Waals surface area contributed by atoms with E-state index in [1.165, 1.54) is 0 Å². The van der Waals surface area contributed by atoms with Gasteiger partial charge in [-0.25, -0.2) is 0 Å². The lowest BCUT2D eigenvalue weighted by molar-refractivity contribution is -0.132. The van der Waals surface area contributed by atoms with Gasteiger partial charge in [-0.3, -0.25) is 4.79 Å². The van der Waals surface area contributed by atoms with E-state index in [4.69, 9.17) is 10.5 Å². The fourth-order valence-corrected chi connectivity index (χ4v) is 2.17. The molecule has 0 unspecified atom stereocenters. The molecule has 0 spiro atoms. The van der Waals surface area contributed by atoms with Crippen LogP contribution in [0.25, 0.3) is 0 Å². The van der Waals surface area contributed by atoms with Gasteiger partial charge in [0, 0.05) is 33.2 Å². The molecule has 16 heavy (non-hydrogen) atoms. The highest BCUT2D eigenvalue weighted by Crippen LogP contribution is 2.24. The van der Waals surface area contributed by atoms with E-state index < -0.39 is 0 Å². The van der Waals surface area contributed by atoms with Crippen LogP contribution in [0.5, 0.6) is 0 Å². The van der Waals surface area contributed by atoms with E-state index in [1.807, 2.05) is 11.9 Å². The molecule has 4 nitrogen and oxygen atoms in total. The zero-order valence-electron chi connectivity index (χ0n) is 10.1. The zero-order chi connectivity index (χ0) is 11.3. The molecule has 1 aliphatic rings. The number of carbonyl (C=O) groups is 1. The number of hydrogen-bond donors (Lipinski definition) is 1. The maximum absolute atomic E-state index is 11.6. The van der Waals surface area contributed by atoms with E-state index in [2.05, 4.69) is 0 Å². The van der Waals surface area contributed by atoms with Gasteiger partial charge in [0.25, 0.3) is 0 Å². The molecular formula is C11H23ClN2O2. The lowest BCUT2D eigenvalue weighted by atomic mass is 9.92. The number of nitrogens with zero attached hydrogens (tertiary/aromatic N) is 1. The zero-order valence-corrected chi connectivity index (χ0v) is 11.0. The number of nitrogens with two attached hydrogens (primary N) is 1. The first kappa shape index (κ1) is 15.7. The molecule has 5 heteroatoms. The van der Waals surface area contributed by atoms with Gasteiger partial charge in [-0.1, -0.05) is 0 Å². The molecule has 96 valence electrons. The van der Waals surface area contributed by atoms with E-state index in [-0.39, 0.29) is 18.3 Å². The van der Waals surface area contributed by atoms with Crippen molar-refractivity contribution in [3.05, 3.63) is 0 Å². The second-order valence-electron chi connectivity index (χ2n) is 4.21. The molecule has 1 aliphatic carbocycles. The summed E-state index contributed by atoms with van der Waals surface area (Å²) < 4.78 is 5.30. The Morgan fingerprint density at radius 1 is 1.38 bits per heavy atom. The molecule has 0 bridgehead atoms. The molecule has 2 N–H and O–H groups in total. The van der Waals surface area contributed by atoms with Crippen LogP contribution >= 0.6 is 12.4 Å². The molecule has 0 aromatic rings. The summed E-state index contributed by atoms with van der Waals surface area (Å²) in [5.41, 5.74) is 5.37. The van der Waals surface area contributed by atoms with Gasteiger partial charge < -0.3 is 15.4 Å². The number of carbonyl (C=O) groups excluding carboxylic acids is 1. The SMILES string of the molecule is COC1CCC(N(C)C(=O)CCN)CC1.Cl. The van der Waals surface area contributed by atoms with Gasteiger partial charge in [-0.15, -0.1) is 12.4 Å². The van der Waals surface area contributed by atoms with Crippen molar-refractivity contribution in [2.45, 2.75) is 44.2 Å². The number of amides is 1. The van der Waals surface area contributed by atoms with E-state index in [1.54, 1.807) is 7.11 Å². The minimum absolute atomic E-state index is 0. The second-order valence-corrected chi connectivity index (χ2v) is 4.21. The Morgan fingerprint density at radius 2 is 1.94 bits per heavy atom. The Kier molecular flexibility index (Phi) is 7.72. The third-order valence-corrected chi connectivity index (χ3v) is 3.28. The van der Waals surface area contributed by atoms with Crippen LogP contribution in [-0.4, -0.2) is 43.7 Å². The number of rotatable bonds is 4. The van der Waals surface area contributed by atoms with Crippen LogP contribution in [0.4, 0.5) is 0 Å². The number of hydrogen-bond acceptors (Lipinski definition) is 3. The highest BCUT2D eigenvalue weighted by Gasteiger charge is 2.25. The molecule has 1 rings (SSSR count). The van der Waals surface area contributed by atoms with Gasteiger partial charge in [-0.05, 0) is 25.7 Å². The van der Waals surface area contributed by atoms with E-state index >= 15 is 0 Å². The summed E-state index contributed by atoms with van der Waals surface area (Å²) in [6, 6.07) is 0.385. The fourth-order valence-electron chi connectivity index (χ4n) is 2.17. The molecule has 0 aromatic heterocycles. The average molecular weight is 251 g/mol. The normalized spacial score (nSPS) is 24.7. The number of ether oxygens (including phenoxy) is 1. The van der Waals surface area contributed by atoms with Gasteiger partial charge >= 0.3 is 0 Å². The van der Waals surface area contributed by atoms with Gasteiger partial charge in [-0.2, -0.15) is 0 Å². The summed E-state index contributed by atoms with van der Waals surface area (Å²) >= 11 is 0. The standard InChI is InChI=1S/C11H22N2O2.ClH/c1-13(11(14)7-8-12)9-3-5-10(15-2)6-4-9;/h9-10H,3-8,12H2,1-2H3;1H. The first-order chi connectivity index (χ1) is 7.19. The highest BCUT2D eigenvalue weighted by atomic mass is 35.5. The molecule has 1 amide bonds. The van der Waals surface area contributed by atoms with E-state index in [0.29, 0.717) is 25.1 Å². The lowest BCUT2D eigenvalue weighted by Crippen LogP contribution is -2.41. The molecule has 0 heterocycles. The smallest absolute Gasteiger partial charge is 0.223 e. The average Bonchev–Trinajstić information content (AvgIpc) is 2.28. The number of methoxy groups -OCH3 is 1. The maximum Gasteiger partial charge on any atom is 0.223 e. The Morgan fingerprint density at radius 3 is 2.38 bits per heavy atom. The molecule has 0 aliphatic heterocycles. The predicted molar refractivity (Wildman–Crippen MR) is 66.7 cm³/mol. The van der Waals surface area contributed by atoms with Crippen molar-refractivity contribution in [1.82, 2.24) is 4.90 Å². The molecular weight excluding hydrogens is 228 g/mol. The highest BCUT2D eigenvalue weighted by molar-refractivity contribution is 5.85. The largest absolute Gasteiger partial charge is 0.381 e. The quantitative estimate of drug-likeness (QED) is 0.815. The van der Waals surface area contributed by atoms with Gasteiger partial charge in [0.2, 0.25) is 5.91 Å². The van der Waals surface area contributed by atoms with Gasteiger partial charge in [0.15, 0.2) is 0 Å². The minimum atomic E-state index is 0.